The molecule has 10 heteroatoms. The molecule has 4 amide bonds. The number of carbonyl (C=O) groups excluding carboxylic acids is 3. The van der Waals surface area contributed by atoms with Crippen molar-refractivity contribution in [3.63, 3.8) is 0 Å². The van der Waals surface area contributed by atoms with Crippen molar-refractivity contribution in [2.75, 3.05) is 31.8 Å². The summed E-state index contributed by atoms with van der Waals surface area (Å²) in [7, 11) is 1.51. The number of nitrogens with one attached hydrogen (secondary N) is 1. The number of rotatable bonds is 10. The first-order valence-electron chi connectivity index (χ1n) is 12.2. The molecular formula is C29H27BrN2O7. The maximum absolute atomic E-state index is 13.2. The Bertz CT molecular complexity index is 1420. The third-order valence-corrected chi connectivity index (χ3v) is 6.34. The average molecular weight is 595 g/mol. The van der Waals surface area contributed by atoms with E-state index in [0.717, 1.165) is 16.2 Å². The van der Waals surface area contributed by atoms with Crippen LogP contribution in [0.5, 0.6) is 23.0 Å². The topological polar surface area (TPSA) is 103 Å². The zero-order chi connectivity index (χ0) is 27.9. The fraction of sp³-hybridized carbons (Fsp3) is 0.207. The van der Waals surface area contributed by atoms with Crippen LogP contribution >= 0.6 is 15.9 Å². The first kappa shape index (κ1) is 27.7. The summed E-state index contributed by atoms with van der Waals surface area (Å²) < 4.78 is 23.2. The van der Waals surface area contributed by atoms with E-state index in [1.807, 2.05) is 38.1 Å². The van der Waals surface area contributed by atoms with Crippen LogP contribution in [-0.4, -0.2) is 44.8 Å². The number of hydrogen-bond acceptors (Lipinski definition) is 7. The summed E-state index contributed by atoms with van der Waals surface area (Å²) in [4.78, 5) is 39.3. The molecule has 0 aromatic heterocycles. The number of aryl methyl sites for hydroxylation is 1. The smallest absolute Gasteiger partial charge is 0.335 e. The number of ether oxygens (including phenoxy) is 4. The molecule has 3 aromatic carbocycles. The third-order valence-electron chi connectivity index (χ3n) is 5.76. The Labute approximate surface area is 234 Å². The minimum atomic E-state index is -0.833. The summed E-state index contributed by atoms with van der Waals surface area (Å²) in [6.45, 7) is 4.74. The predicted molar refractivity (Wildman–Crippen MR) is 149 cm³/mol. The van der Waals surface area contributed by atoms with Crippen molar-refractivity contribution < 1.29 is 33.3 Å². The summed E-state index contributed by atoms with van der Waals surface area (Å²) in [5.74, 6) is 0.676. The Morgan fingerprint density at radius 2 is 1.64 bits per heavy atom. The molecular weight excluding hydrogens is 568 g/mol. The Balaban J connectivity index is 1.55. The average Bonchev–Trinajstić information content (AvgIpc) is 2.91. The van der Waals surface area contributed by atoms with Crippen LogP contribution in [0.15, 0.2) is 70.7 Å². The van der Waals surface area contributed by atoms with Crippen molar-refractivity contribution in [3.05, 3.63) is 81.8 Å². The van der Waals surface area contributed by atoms with Gasteiger partial charge in [0.05, 0.1) is 23.9 Å². The van der Waals surface area contributed by atoms with Crippen LogP contribution in [0.3, 0.4) is 0 Å². The highest BCUT2D eigenvalue weighted by Crippen LogP contribution is 2.38. The molecule has 1 heterocycles. The van der Waals surface area contributed by atoms with Crippen LogP contribution in [-0.2, 0) is 9.59 Å². The lowest BCUT2D eigenvalue weighted by molar-refractivity contribution is -0.122. The molecule has 1 aliphatic rings. The van der Waals surface area contributed by atoms with E-state index < -0.39 is 17.8 Å². The molecule has 1 fully saturated rings. The standard InChI is InChI=1S/C29H27BrN2O7/c1-4-37-25-17-19(16-23(30)26(25)39-14-13-38-24-8-6-5-7-18(24)2)15-22-27(33)31-29(35)32(28(22)34)20-9-11-21(36-3)12-10-20/h5-12,15-17H,4,13-14H2,1-3H3,(H,31,33,35)/b22-15-. The van der Waals surface area contributed by atoms with Gasteiger partial charge in [-0.25, -0.2) is 9.69 Å². The molecule has 0 unspecified atom stereocenters. The van der Waals surface area contributed by atoms with Crippen molar-refractivity contribution in [2.24, 2.45) is 0 Å². The van der Waals surface area contributed by atoms with Gasteiger partial charge in [0.25, 0.3) is 11.8 Å². The summed E-state index contributed by atoms with van der Waals surface area (Å²) in [6, 6.07) is 16.6. The molecule has 0 spiro atoms. The lowest BCUT2D eigenvalue weighted by atomic mass is 10.1. The number of methoxy groups -OCH3 is 1. The van der Waals surface area contributed by atoms with Crippen molar-refractivity contribution in [2.45, 2.75) is 13.8 Å². The van der Waals surface area contributed by atoms with Crippen LogP contribution < -0.4 is 29.2 Å². The Morgan fingerprint density at radius 3 is 2.33 bits per heavy atom. The lowest BCUT2D eigenvalue weighted by Crippen LogP contribution is -2.54. The van der Waals surface area contributed by atoms with Crippen LogP contribution in [0.2, 0.25) is 0 Å². The third kappa shape index (κ3) is 6.40. The predicted octanol–water partition coefficient (Wildman–Crippen LogP) is 5.29. The van der Waals surface area contributed by atoms with Crippen molar-refractivity contribution in [3.8, 4) is 23.0 Å². The Morgan fingerprint density at radius 1 is 0.923 bits per heavy atom. The maximum atomic E-state index is 13.2. The molecule has 1 N–H and O–H groups in total. The number of anilines is 1. The highest BCUT2D eigenvalue weighted by Gasteiger charge is 2.37. The number of para-hydroxylation sites is 1. The van der Waals surface area contributed by atoms with Gasteiger partial charge < -0.3 is 18.9 Å². The van der Waals surface area contributed by atoms with Gasteiger partial charge in [-0.3, -0.25) is 14.9 Å². The summed E-state index contributed by atoms with van der Waals surface area (Å²) in [6.07, 6.45) is 1.40. The van der Waals surface area contributed by atoms with Crippen molar-refractivity contribution in [1.29, 1.82) is 0 Å². The normalized spacial score (nSPS) is 14.3. The molecule has 39 heavy (non-hydrogen) atoms. The minimum absolute atomic E-state index is 0.208. The molecule has 1 saturated heterocycles. The number of imide groups is 2. The number of benzene rings is 3. The number of halogens is 1. The Kier molecular flexibility index (Phi) is 8.88. The first-order valence-corrected chi connectivity index (χ1v) is 12.9. The fourth-order valence-corrected chi connectivity index (χ4v) is 4.45. The quantitative estimate of drug-likeness (QED) is 0.193. The van der Waals surface area contributed by atoms with Crippen LogP contribution in [0.1, 0.15) is 18.1 Å². The largest absolute Gasteiger partial charge is 0.497 e. The SMILES string of the molecule is CCOc1cc(/C=C2/C(=O)NC(=O)N(c3ccc(OC)cc3)C2=O)cc(Br)c1OCCOc1ccccc1C. The van der Waals surface area contributed by atoms with Gasteiger partial charge in [-0.2, -0.15) is 0 Å². The summed E-state index contributed by atoms with van der Waals surface area (Å²) >= 11 is 3.51. The number of amides is 4. The van der Waals surface area contributed by atoms with Gasteiger partial charge in [-0.1, -0.05) is 18.2 Å². The van der Waals surface area contributed by atoms with Gasteiger partial charge in [0, 0.05) is 0 Å². The number of hydrogen-bond donors (Lipinski definition) is 1. The second-order valence-corrected chi connectivity index (χ2v) is 9.24. The summed E-state index contributed by atoms with van der Waals surface area (Å²) in [5, 5.41) is 2.22. The molecule has 0 aliphatic carbocycles. The fourth-order valence-electron chi connectivity index (χ4n) is 3.88. The highest BCUT2D eigenvalue weighted by atomic mass is 79.9. The molecule has 0 bridgehead atoms. The molecule has 9 nitrogen and oxygen atoms in total. The molecule has 0 saturated carbocycles. The van der Waals surface area contributed by atoms with Gasteiger partial charge >= 0.3 is 6.03 Å². The van der Waals surface area contributed by atoms with Crippen LogP contribution in [0.25, 0.3) is 6.08 Å². The monoisotopic (exact) mass is 594 g/mol. The van der Waals surface area contributed by atoms with Crippen LogP contribution in [0, 0.1) is 6.92 Å². The molecule has 0 radical (unpaired) electrons. The number of urea groups is 1. The van der Waals surface area contributed by atoms with Crippen molar-refractivity contribution in [1.82, 2.24) is 5.32 Å². The zero-order valence-corrected chi connectivity index (χ0v) is 23.2. The van der Waals surface area contributed by atoms with E-state index in [4.69, 9.17) is 18.9 Å². The second-order valence-electron chi connectivity index (χ2n) is 8.38. The van der Waals surface area contributed by atoms with E-state index >= 15 is 0 Å². The van der Waals surface area contributed by atoms with Gasteiger partial charge in [0.2, 0.25) is 0 Å². The number of carbonyl (C=O) groups is 3. The van der Waals surface area contributed by atoms with E-state index in [1.165, 1.54) is 13.2 Å². The van der Waals surface area contributed by atoms with Crippen molar-refractivity contribution >= 4 is 45.5 Å². The molecule has 3 aromatic rings. The van der Waals surface area contributed by atoms with E-state index in [-0.39, 0.29) is 12.2 Å². The number of nitrogens with zero attached hydrogens (tertiary/aromatic N) is 1. The van der Waals surface area contributed by atoms with Crippen LogP contribution in [0.4, 0.5) is 10.5 Å². The van der Waals surface area contributed by atoms with E-state index in [9.17, 15) is 14.4 Å². The number of barbiturate groups is 1. The van der Waals surface area contributed by atoms with Gasteiger partial charge in [-0.15, -0.1) is 0 Å². The first-order chi connectivity index (χ1) is 18.8. The minimum Gasteiger partial charge on any atom is -0.497 e. The Hall–Kier alpha value is -4.31. The zero-order valence-electron chi connectivity index (χ0n) is 21.7. The van der Waals surface area contributed by atoms with E-state index in [1.54, 1.807) is 36.4 Å². The second kappa shape index (κ2) is 12.5. The lowest BCUT2D eigenvalue weighted by Gasteiger charge is -2.26. The molecule has 202 valence electrons. The van der Waals surface area contributed by atoms with Gasteiger partial charge in [0.1, 0.15) is 30.3 Å². The maximum Gasteiger partial charge on any atom is 0.335 e. The van der Waals surface area contributed by atoms with E-state index in [0.29, 0.717) is 46.2 Å². The van der Waals surface area contributed by atoms with E-state index in [2.05, 4.69) is 21.2 Å². The van der Waals surface area contributed by atoms with Gasteiger partial charge in [-0.05, 0) is 89.4 Å². The highest BCUT2D eigenvalue weighted by molar-refractivity contribution is 9.10. The summed E-state index contributed by atoms with van der Waals surface area (Å²) in [5.41, 5.74) is 1.61. The molecule has 1 aliphatic heterocycles. The van der Waals surface area contributed by atoms with Gasteiger partial charge in [0.15, 0.2) is 11.5 Å². The molecule has 0 atom stereocenters. The molecule has 4 rings (SSSR count).